The van der Waals surface area contributed by atoms with Gasteiger partial charge >= 0.3 is 0 Å². The smallest absolute Gasteiger partial charge is 0.264 e. The maximum absolute atomic E-state index is 11.7. The fourth-order valence-electron chi connectivity index (χ4n) is 1.55. The van der Waals surface area contributed by atoms with Crippen molar-refractivity contribution in [1.29, 1.82) is 0 Å². The summed E-state index contributed by atoms with van der Waals surface area (Å²) in [5.74, 6) is -0.429. The summed E-state index contributed by atoms with van der Waals surface area (Å²) in [6, 6.07) is 4.16. The number of benzene rings is 1. The molecule has 0 spiro atoms. The van der Waals surface area contributed by atoms with Gasteiger partial charge in [0.1, 0.15) is 11.5 Å². The number of aliphatic hydroxyl groups is 1. The Labute approximate surface area is 119 Å². The molecule has 0 saturated carbocycles. The molecule has 1 aliphatic heterocycles. The van der Waals surface area contributed by atoms with Gasteiger partial charge in [-0.25, -0.2) is 0 Å². The minimum Gasteiger partial charge on any atom is -0.508 e. The van der Waals surface area contributed by atoms with Gasteiger partial charge in [0.05, 0.1) is 4.91 Å². The Morgan fingerprint density at radius 1 is 1.35 bits per heavy atom. The Morgan fingerprint density at radius 3 is 2.85 bits per heavy atom. The molecule has 0 aromatic heterocycles. The lowest BCUT2D eigenvalue weighted by Crippen LogP contribution is -2.20. The van der Waals surface area contributed by atoms with Crippen LogP contribution in [0.1, 0.15) is 12.0 Å². The number of amides is 1. The van der Waals surface area contributed by atoms with Crippen LogP contribution in [0.4, 0.5) is 0 Å². The van der Waals surface area contributed by atoms with E-state index in [9.17, 15) is 15.0 Å². The van der Waals surface area contributed by atoms with E-state index in [4.69, 9.17) is 5.11 Å². The molecule has 7 heteroatoms. The third kappa shape index (κ3) is 3.52. The number of aliphatic imine (C=N–C) groups is 1. The van der Waals surface area contributed by atoms with Crippen LogP contribution >= 0.6 is 11.8 Å². The highest BCUT2D eigenvalue weighted by Crippen LogP contribution is 2.30. The number of hydrogen-bond acceptors (Lipinski definition) is 6. The van der Waals surface area contributed by atoms with E-state index < -0.39 is 0 Å². The molecule has 1 aromatic carbocycles. The van der Waals surface area contributed by atoms with Crippen molar-refractivity contribution in [2.75, 3.05) is 13.2 Å². The number of nitrogens with zero attached hydrogens (tertiary/aromatic N) is 1. The SMILES string of the molecule is O=C1NC(=NCCCO)S/C1=C\c1ccc(O)cc1O. The molecule has 0 radical (unpaired) electrons. The second-order valence-electron chi connectivity index (χ2n) is 4.07. The monoisotopic (exact) mass is 294 g/mol. The molecule has 1 amide bonds. The van der Waals surface area contributed by atoms with Crippen LogP contribution in [0.25, 0.3) is 6.08 Å². The van der Waals surface area contributed by atoms with Gasteiger partial charge in [-0.3, -0.25) is 9.79 Å². The first-order valence-electron chi connectivity index (χ1n) is 5.98. The Kier molecular flexibility index (Phi) is 4.65. The van der Waals surface area contributed by atoms with Crippen molar-refractivity contribution in [2.24, 2.45) is 4.99 Å². The van der Waals surface area contributed by atoms with E-state index >= 15 is 0 Å². The lowest BCUT2D eigenvalue weighted by molar-refractivity contribution is -0.115. The van der Waals surface area contributed by atoms with Crippen LogP contribution < -0.4 is 5.32 Å². The average Bonchev–Trinajstić information content (AvgIpc) is 2.74. The number of carbonyl (C=O) groups excluding carboxylic acids is 1. The fourth-order valence-corrected chi connectivity index (χ4v) is 2.39. The van der Waals surface area contributed by atoms with Crippen LogP contribution in [0, 0.1) is 0 Å². The van der Waals surface area contributed by atoms with Gasteiger partial charge in [-0.05, 0) is 36.4 Å². The predicted octanol–water partition coefficient (Wildman–Crippen LogP) is 1.04. The molecule has 0 unspecified atom stereocenters. The Balaban J connectivity index is 2.14. The molecule has 1 fully saturated rings. The molecule has 1 heterocycles. The van der Waals surface area contributed by atoms with Crippen LogP contribution in [-0.2, 0) is 4.79 Å². The van der Waals surface area contributed by atoms with Crippen molar-refractivity contribution >= 4 is 28.9 Å². The Morgan fingerprint density at radius 2 is 2.15 bits per heavy atom. The summed E-state index contributed by atoms with van der Waals surface area (Å²) in [6.45, 7) is 0.496. The molecule has 0 bridgehead atoms. The van der Waals surface area contributed by atoms with Gasteiger partial charge in [0.15, 0.2) is 5.17 Å². The van der Waals surface area contributed by atoms with Crippen LogP contribution in [0.5, 0.6) is 11.5 Å². The summed E-state index contributed by atoms with van der Waals surface area (Å²) in [6.07, 6.45) is 2.07. The number of phenolic OH excluding ortho intramolecular Hbond substituents is 2. The van der Waals surface area contributed by atoms with Gasteiger partial charge in [0.25, 0.3) is 5.91 Å². The van der Waals surface area contributed by atoms with E-state index in [1.54, 1.807) is 0 Å². The number of aromatic hydroxyl groups is 2. The summed E-state index contributed by atoms with van der Waals surface area (Å²) >= 11 is 1.17. The molecular formula is C13H14N2O4S. The summed E-state index contributed by atoms with van der Waals surface area (Å²) in [7, 11) is 0. The zero-order valence-electron chi connectivity index (χ0n) is 10.5. The second kappa shape index (κ2) is 6.44. The number of aliphatic hydroxyl groups excluding tert-OH is 1. The summed E-state index contributed by atoms with van der Waals surface area (Å²) in [5, 5.41) is 30.6. The highest BCUT2D eigenvalue weighted by atomic mass is 32.2. The van der Waals surface area contributed by atoms with Crippen LogP contribution in [0.2, 0.25) is 0 Å². The quantitative estimate of drug-likeness (QED) is 0.491. The fraction of sp³-hybridized carbons (Fsp3) is 0.231. The summed E-state index contributed by atoms with van der Waals surface area (Å²) in [5.41, 5.74) is 0.442. The van der Waals surface area contributed by atoms with Gasteiger partial charge in [-0.15, -0.1) is 0 Å². The first-order valence-corrected chi connectivity index (χ1v) is 6.80. The van der Waals surface area contributed by atoms with E-state index in [2.05, 4.69) is 10.3 Å². The largest absolute Gasteiger partial charge is 0.508 e. The van der Waals surface area contributed by atoms with E-state index in [0.29, 0.717) is 28.6 Å². The van der Waals surface area contributed by atoms with Gasteiger partial charge in [0, 0.05) is 24.8 Å². The molecule has 6 nitrogen and oxygen atoms in total. The van der Waals surface area contributed by atoms with Crippen molar-refractivity contribution < 1.29 is 20.1 Å². The molecule has 1 saturated heterocycles. The normalized spacial score (nSPS) is 18.8. The molecule has 4 N–H and O–H groups in total. The molecule has 1 aliphatic rings. The second-order valence-corrected chi connectivity index (χ2v) is 5.10. The molecule has 1 aromatic rings. The van der Waals surface area contributed by atoms with E-state index in [0.717, 1.165) is 0 Å². The third-order valence-corrected chi connectivity index (χ3v) is 3.47. The van der Waals surface area contributed by atoms with Crippen molar-refractivity contribution in [3.63, 3.8) is 0 Å². The maximum Gasteiger partial charge on any atom is 0.264 e. The molecule has 0 atom stereocenters. The number of carbonyl (C=O) groups is 1. The lowest BCUT2D eigenvalue weighted by atomic mass is 10.2. The maximum atomic E-state index is 11.7. The van der Waals surface area contributed by atoms with E-state index in [-0.39, 0.29) is 24.0 Å². The number of rotatable bonds is 4. The first kappa shape index (κ1) is 14.4. The van der Waals surface area contributed by atoms with Gasteiger partial charge in [0.2, 0.25) is 0 Å². The Bertz CT molecular complexity index is 584. The van der Waals surface area contributed by atoms with Crippen LogP contribution in [-0.4, -0.2) is 39.5 Å². The Hall–Kier alpha value is -1.99. The minimum atomic E-state index is -0.287. The van der Waals surface area contributed by atoms with E-state index in [1.165, 1.54) is 36.0 Å². The van der Waals surface area contributed by atoms with E-state index in [1.807, 2.05) is 0 Å². The topological polar surface area (TPSA) is 102 Å². The van der Waals surface area contributed by atoms with Crippen molar-refractivity contribution in [2.45, 2.75) is 6.42 Å². The first-order chi connectivity index (χ1) is 9.60. The zero-order valence-corrected chi connectivity index (χ0v) is 11.4. The number of thioether (sulfide) groups is 1. The highest BCUT2D eigenvalue weighted by molar-refractivity contribution is 8.18. The predicted molar refractivity (Wildman–Crippen MR) is 77.5 cm³/mol. The number of hydrogen-bond donors (Lipinski definition) is 4. The molecular weight excluding hydrogens is 280 g/mol. The van der Waals surface area contributed by atoms with Crippen molar-refractivity contribution in [3.05, 3.63) is 28.7 Å². The third-order valence-electron chi connectivity index (χ3n) is 2.52. The standard InChI is InChI=1S/C13H14N2O4S/c16-5-1-4-14-13-15-12(19)11(20-13)6-8-2-3-9(17)7-10(8)18/h2-3,6-7,16-18H,1,4-5H2,(H,14,15,19)/b11-6-. The number of amidine groups is 1. The van der Waals surface area contributed by atoms with Gasteiger partial charge < -0.3 is 20.6 Å². The molecule has 20 heavy (non-hydrogen) atoms. The van der Waals surface area contributed by atoms with Gasteiger partial charge in [-0.2, -0.15) is 0 Å². The molecule has 0 aliphatic carbocycles. The molecule has 2 rings (SSSR count). The average molecular weight is 294 g/mol. The zero-order chi connectivity index (χ0) is 14.5. The van der Waals surface area contributed by atoms with Crippen molar-refractivity contribution in [3.8, 4) is 11.5 Å². The summed E-state index contributed by atoms with van der Waals surface area (Å²) < 4.78 is 0. The highest BCUT2D eigenvalue weighted by Gasteiger charge is 2.23. The molecule has 106 valence electrons. The minimum absolute atomic E-state index is 0.0422. The van der Waals surface area contributed by atoms with Crippen LogP contribution in [0.15, 0.2) is 28.1 Å². The van der Waals surface area contributed by atoms with Crippen LogP contribution in [0.3, 0.4) is 0 Å². The van der Waals surface area contributed by atoms with Gasteiger partial charge in [-0.1, -0.05) is 0 Å². The lowest BCUT2D eigenvalue weighted by Gasteiger charge is -2.00. The van der Waals surface area contributed by atoms with Crippen molar-refractivity contribution in [1.82, 2.24) is 5.32 Å². The summed E-state index contributed by atoms with van der Waals surface area (Å²) in [4.78, 5) is 16.3. The number of phenols is 2. The number of nitrogens with one attached hydrogen (secondary N) is 1.